The van der Waals surface area contributed by atoms with Gasteiger partial charge in [-0.2, -0.15) is 0 Å². The quantitative estimate of drug-likeness (QED) is 0.931. The molecule has 0 radical (unpaired) electrons. The Balaban J connectivity index is 2.11. The van der Waals surface area contributed by atoms with Crippen molar-refractivity contribution in [2.45, 2.75) is 51.5 Å². The van der Waals surface area contributed by atoms with Crippen molar-refractivity contribution in [2.75, 3.05) is 0 Å². The minimum Gasteiger partial charge on any atom is -0.490 e. The highest BCUT2D eigenvalue weighted by Gasteiger charge is 2.26. The van der Waals surface area contributed by atoms with Crippen molar-refractivity contribution >= 4 is 15.9 Å². The Hall–Kier alpha value is -0.580. The van der Waals surface area contributed by atoms with Gasteiger partial charge in [0.2, 0.25) is 0 Å². The van der Waals surface area contributed by atoms with Crippen LogP contribution in [0.1, 0.15) is 32.3 Å². The van der Waals surface area contributed by atoms with Gasteiger partial charge >= 0.3 is 0 Å². The van der Waals surface area contributed by atoms with Crippen LogP contribution in [-0.4, -0.2) is 18.3 Å². The van der Waals surface area contributed by atoms with E-state index in [2.05, 4.69) is 29.8 Å². The highest BCUT2D eigenvalue weighted by molar-refractivity contribution is 9.10. The van der Waals surface area contributed by atoms with E-state index in [4.69, 9.17) is 15.2 Å². The molecule has 0 amide bonds. The van der Waals surface area contributed by atoms with Crippen molar-refractivity contribution in [3.63, 3.8) is 0 Å². The van der Waals surface area contributed by atoms with Crippen molar-refractivity contribution in [1.82, 2.24) is 0 Å². The van der Waals surface area contributed by atoms with Gasteiger partial charge in [0, 0.05) is 29.4 Å². The molecule has 4 heteroatoms. The summed E-state index contributed by atoms with van der Waals surface area (Å²) in [5.74, 6) is 0.887. The second kappa shape index (κ2) is 6.04. The largest absolute Gasteiger partial charge is 0.490 e. The number of hydrogen-bond acceptors (Lipinski definition) is 3. The molecule has 2 unspecified atom stereocenters. The lowest BCUT2D eigenvalue weighted by atomic mass is 10.0. The van der Waals surface area contributed by atoms with Gasteiger partial charge in [0.25, 0.3) is 0 Å². The highest BCUT2D eigenvalue weighted by Crippen LogP contribution is 2.30. The zero-order valence-corrected chi connectivity index (χ0v) is 12.4. The molecule has 1 aromatic carbocycles. The van der Waals surface area contributed by atoms with Crippen LogP contribution in [-0.2, 0) is 11.3 Å². The fourth-order valence-electron chi connectivity index (χ4n) is 2.47. The average Bonchev–Trinajstić information content (AvgIpc) is 2.27. The van der Waals surface area contributed by atoms with Crippen LogP contribution in [0.4, 0.5) is 0 Å². The molecule has 100 valence electrons. The van der Waals surface area contributed by atoms with E-state index < -0.39 is 0 Å². The molecule has 0 spiro atoms. The maximum absolute atomic E-state index is 6.11. The maximum atomic E-state index is 6.11. The maximum Gasteiger partial charge on any atom is 0.125 e. The first-order valence-corrected chi connectivity index (χ1v) is 7.19. The first-order valence-electron chi connectivity index (χ1n) is 6.39. The van der Waals surface area contributed by atoms with Gasteiger partial charge in [-0.25, -0.2) is 0 Å². The van der Waals surface area contributed by atoms with Crippen LogP contribution in [0.25, 0.3) is 0 Å². The summed E-state index contributed by atoms with van der Waals surface area (Å²) in [5, 5.41) is 0. The minimum absolute atomic E-state index is 0.211. The molecule has 0 bridgehead atoms. The number of nitrogens with two attached hydrogens (primary N) is 1. The van der Waals surface area contributed by atoms with Crippen LogP contribution in [0, 0.1) is 0 Å². The average molecular weight is 314 g/mol. The van der Waals surface area contributed by atoms with E-state index in [1.165, 1.54) is 0 Å². The summed E-state index contributed by atoms with van der Waals surface area (Å²) >= 11 is 3.51. The molecule has 0 aromatic heterocycles. The van der Waals surface area contributed by atoms with Crippen molar-refractivity contribution in [3.05, 3.63) is 28.2 Å². The van der Waals surface area contributed by atoms with Gasteiger partial charge in [-0.05, 0) is 26.0 Å². The number of rotatable bonds is 3. The minimum atomic E-state index is 0.211. The van der Waals surface area contributed by atoms with E-state index in [0.717, 1.165) is 28.6 Å². The summed E-state index contributed by atoms with van der Waals surface area (Å²) in [6.07, 6.45) is 2.59. The molecule has 0 saturated carbocycles. The monoisotopic (exact) mass is 313 g/mol. The first-order chi connectivity index (χ1) is 8.60. The van der Waals surface area contributed by atoms with Gasteiger partial charge in [-0.3, -0.25) is 0 Å². The van der Waals surface area contributed by atoms with E-state index in [-0.39, 0.29) is 18.3 Å². The summed E-state index contributed by atoms with van der Waals surface area (Å²) in [6.45, 7) is 4.67. The Bertz CT molecular complexity index is 401. The molecule has 2 N–H and O–H groups in total. The fraction of sp³-hybridized carbons (Fsp3) is 0.571. The smallest absolute Gasteiger partial charge is 0.125 e. The number of ether oxygens (including phenoxy) is 2. The SMILES string of the molecule is CC1CC(Oc2cccc(Br)c2CN)CC(C)O1. The number of halogens is 1. The van der Waals surface area contributed by atoms with Crippen molar-refractivity contribution in [2.24, 2.45) is 5.73 Å². The normalized spacial score (nSPS) is 28.1. The zero-order valence-electron chi connectivity index (χ0n) is 10.9. The van der Waals surface area contributed by atoms with Crippen LogP contribution < -0.4 is 10.5 Å². The second-order valence-corrected chi connectivity index (χ2v) is 5.74. The van der Waals surface area contributed by atoms with E-state index in [1.54, 1.807) is 0 Å². The Kier molecular flexibility index (Phi) is 4.65. The molecule has 1 saturated heterocycles. The first kappa shape index (κ1) is 13.8. The molecule has 2 atom stereocenters. The second-order valence-electron chi connectivity index (χ2n) is 4.89. The Morgan fingerprint density at radius 2 is 2.00 bits per heavy atom. The van der Waals surface area contributed by atoms with E-state index in [0.29, 0.717) is 6.54 Å². The summed E-state index contributed by atoms with van der Waals surface area (Å²) in [6, 6.07) is 5.95. The van der Waals surface area contributed by atoms with E-state index in [1.807, 2.05) is 18.2 Å². The molecule has 1 heterocycles. The van der Waals surface area contributed by atoms with E-state index >= 15 is 0 Å². The molecule has 0 aliphatic carbocycles. The van der Waals surface area contributed by atoms with Crippen molar-refractivity contribution in [1.29, 1.82) is 0 Å². The van der Waals surface area contributed by atoms with Crippen LogP contribution in [0.3, 0.4) is 0 Å². The van der Waals surface area contributed by atoms with Gasteiger partial charge in [0.15, 0.2) is 0 Å². The lowest BCUT2D eigenvalue weighted by Crippen LogP contribution is -2.35. The molecule has 3 nitrogen and oxygen atoms in total. The number of benzene rings is 1. The standard InChI is InChI=1S/C14H20BrNO2/c1-9-6-11(7-10(2)17-9)18-14-5-3-4-13(15)12(14)8-16/h3-5,9-11H,6-8,16H2,1-2H3. The number of hydrogen-bond donors (Lipinski definition) is 1. The van der Waals surface area contributed by atoms with Crippen molar-refractivity contribution < 1.29 is 9.47 Å². The highest BCUT2D eigenvalue weighted by atomic mass is 79.9. The third-order valence-corrected chi connectivity index (χ3v) is 3.97. The predicted octanol–water partition coefficient (Wildman–Crippen LogP) is 3.24. The van der Waals surface area contributed by atoms with Gasteiger partial charge in [-0.15, -0.1) is 0 Å². The molecule has 1 aliphatic rings. The molecule has 18 heavy (non-hydrogen) atoms. The fourth-order valence-corrected chi connectivity index (χ4v) is 2.98. The van der Waals surface area contributed by atoms with Crippen LogP contribution in [0.15, 0.2) is 22.7 Å². The Morgan fingerprint density at radius 1 is 1.33 bits per heavy atom. The van der Waals surface area contributed by atoms with Crippen LogP contribution >= 0.6 is 15.9 Å². The van der Waals surface area contributed by atoms with Gasteiger partial charge in [0.05, 0.1) is 12.2 Å². The lowest BCUT2D eigenvalue weighted by Gasteiger charge is -2.32. The third-order valence-electron chi connectivity index (χ3n) is 3.23. The molecular formula is C14H20BrNO2. The topological polar surface area (TPSA) is 44.5 Å². The summed E-state index contributed by atoms with van der Waals surface area (Å²) in [7, 11) is 0. The molecular weight excluding hydrogens is 294 g/mol. The van der Waals surface area contributed by atoms with Crippen molar-refractivity contribution in [3.8, 4) is 5.75 Å². The molecule has 2 rings (SSSR count). The molecule has 1 aliphatic heterocycles. The molecule has 1 fully saturated rings. The Labute approximate surface area is 117 Å². The van der Waals surface area contributed by atoms with Gasteiger partial charge < -0.3 is 15.2 Å². The summed E-state index contributed by atoms with van der Waals surface area (Å²) in [4.78, 5) is 0. The predicted molar refractivity (Wildman–Crippen MR) is 75.7 cm³/mol. The van der Waals surface area contributed by atoms with E-state index in [9.17, 15) is 0 Å². The Morgan fingerprint density at radius 3 is 2.61 bits per heavy atom. The van der Waals surface area contributed by atoms with Crippen LogP contribution in [0.5, 0.6) is 5.75 Å². The lowest BCUT2D eigenvalue weighted by molar-refractivity contribution is -0.0723. The van der Waals surface area contributed by atoms with Gasteiger partial charge in [0.1, 0.15) is 11.9 Å². The third kappa shape index (κ3) is 3.25. The zero-order chi connectivity index (χ0) is 13.1. The summed E-state index contributed by atoms with van der Waals surface area (Å²) in [5.41, 5.74) is 6.81. The van der Waals surface area contributed by atoms with Gasteiger partial charge in [-0.1, -0.05) is 22.0 Å². The molecule has 1 aromatic rings. The summed E-state index contributed by atoms with van der Waals surface area (Å²) < 4.78 is 12.8. The van der Waals surface area contributed by atoms with Crippen LogP contribution in [0.2, 0.25) is 0 Å².